The molecule has 6 heteroatoms. The van der Waals surface area contributed by atoms with Crippen LogP contribution in [0.15, 0.2) is 0 Å². The second-order valence-electron chi connectivity index (χ2n) is 2.05. The summed E-state index contributed by atoms with van der Waals surface area (Å²) in [5, 5.41) is -1.39. The molecule has 0 bridgehead atoms. The van der Waals surface area contributed by atoms with Crippen LogP contribution in [-0.4, -0.2) is 47.1 Å². The van der Waals surface area contributed by atoms with E-state index in [-0.39, 0.29) is 0 Å². The maximum Gasteiger partial charge on any atom is 0.0589 e. The van der Waals surface area contributed by atoms with Gasteiger partial charge < -0.3 is 0 Å². The first kappa shape index (κ1) is 9.39. The van der Waals surface area contributed by atoms with Crippen molar-refractivity contribution in [3.05, 3.63) is 0 Å². The van der Waals surface area contributed by atoms with Gasteiger partial charge in [0.1, 0.15) is 0 Å². The van der Waals surface area contributed by atoms with Crippen LogP contribution in [0.2, 0.25) is 16.6 Å². The molecule has 0 aromatic heterocycles. The van der Waals surface area contributed by atoms with E-state index < -0.39 is 16.6 Å². The molecular weight excluding hydrogens is 101 g/mol. The molecule has 0 N–H and O–H groups in total. The highest BCUT2D eigenvalue weighted by Gasteiger charge is 2.22. The lowest BCUT2D eigenvalue weighted by molar-refractivity contribution is 0.870. The first-order valence-electron chi connectivity index (χ1n) is 2.49. The summed E-state index contributed by atoms with van der Waals surface area (Å²) >= 11 is 0. The molecule has 0 amide bonds. The zero-order chi connectivity index (χ0) is 7.65. The Labute approximate surface area is 64.4 Å². The van der Waals surface area contributed by atoms with E-state index in [0.717, 1.165) is 0 Å². The maximum absolute atomic E-state index is 5.28. The van der Waals surface area contributed by atoms with Crippen molar-refractivity contribution in [1.29, 1.82) is 0 Å². The molecule has 0 nitrogen and oxygen atoms in total. The molecule has 0 aromatic rings. The van der Waals surface area contributed by atoms with Crippen LogP contribution in [0.3, 0.4) is 0 Å². The molecule has 0 heterocycles. The molecule has 0 aliphatic heterocycles. The summed E-state index contributed by atoms with van der Waals surface area (Å²) in [6.07, 6.45) is 0. The minimum absolute atomic E-state index is 0.905. The van der Waals surface area contributed by atoms with E-state index >= 15 is 0 Å². The Hall–Kier alpha value is 0.390. The van der Waals surface area contributed by atoms with Crippen molar-refractivity contribution in [1.82, 2.24) is 0 Å². The molecule has 0 saturated heterocycles. The summed E-state index contributed by atoms with van der Waals surface area (Å²) in [5.41, 5.74) is -1.81. The number of hydrogen-bond acceptors (Lipinski definition) is 0. The van der Waals surface area contributed by atoms with Crippen LogP contribution in [0.1, 0.15) is 0 Å². The van der Waals surface area contributed by atoms with Crippen LogP contribution in [0, 0.1) is 0 Å². The van der Waals surface area contributed by atoms with Gasteiger partial charge in [-0.05, 0) is 0 Å². The zero-order valence-corrected chi connectivity index (χ0v) is 5.12. The van der Waals surface area contributed by atoms with Gasteiger partial charge in [0.15, 0.2) is 0 Å². The summed E-state index contributed by atoms with van der Waals surface area (Å²) in [5.74, 6) is 0. The third-order valence-corrected chi connectivity index (χ3v) is 1.15. The van der Waals surface area contributed by atoms with Crippen molar-refractivity contribution in [3.63, 3.8) is 0 Å². The minimum atomic E-state index is -1.39. The predicted molar refractivity (Wildman–Crippen MR) is 44.7 cm³/mol. The van der Waals surface area contributed by atoms with Gasteiger partial charge >= 0.3 is 0 Å². The molecule has 0 aliphatic rings. The molecule has 0 fully saturated rings. The van der Waals surface area contributed by atoms with Crippen LogP contribution in [0.25, 0.3) is 0 Å². The lowest BCUT2D eigenvalue weighted by atomic mass is 9.29. The van der Waals surface area contributed by atoms with Crippen LogP contribution in [0.4, 0.5) is 0 Å². The minimum Gasteiger partial charge on any atom is -0.122 e. The Morgan fingerprint density at radius 2 is 1.00 bits per heavy atom. The van der Waals surface area contributed by atoms with Gasteiger partial charge in [0.05, 0.1) is 47.1 Å². The van der Waals surface area contributed by atoms with Gasteiger partial charge in [-0.1, -0.05) is 0 Å². The van der Waals surface area contributed by atoms with Gasteiger partial charge in [0.2, 0.25) is 0 Å². The largest absolute Gasteiger partial charge is 0.122 e. The molecule has 0 aliphatic carbocycles. The Kier molecular flexibility index (Phi) is 3.11. The average Bonchev–Trinajstić information content (AvgIpc) is 1.65. The Morgan fingerprint density at radius 1 is 0.778 bits per heavy atom. The molecule has 9 heavy (non-hydrogen) atoms. The Balaban J connectivity index is 4.01. The topological polar surface area (TPSA) is 0 Å². The van der Waals surface area contributed by atoms with Gasteiger partial charge in [-0.25, -0.2) is 0 Å². The van der Waals surface area contributed by atoms with Crippen molar-refractivity contribution in [2.45, 2.75) is 16.6 Å². The standard InChI is InChI=1S/C3H2B6/c4-1(5)3(8,9)2(6)7/h1-2H. The highest BCUT2D eigenvalue weighted by molar-refractivity contribution is 6.57. The fourth-order valence-corrected chi connectivity index (χ4v) is 0.222. The molecule has 0 unspecified atom stereocenters. The van der Waals surface area contributed by atoms with E-state index in [4.69, 9.17) is 47.1 Å². The van der Waals surface area contributed by atoms with Gasteiger partial charge in [-0.2, -0.15) is 0 Å². The zero-order valence-electron chi connectivity index (χ0n) is 5.12. The Bertz CT molecular complexity index is 76.3. The number of rotatable bonds is 2. The first-order valence-corrected chi connectivity index (χ1v) is 2.49. The van der Waals surface area contributed by atoms with Gasteiger partial charge in [0.25, 0.3) is 0 Å². The molecule has 0 aromatic carbocycles. The lowest BCUT2D eigenvalue weighted by Crippen LogP contribution is -2.26. The average molecular weight is 103 g/mol. The molecule has 32 valence electrons. The van der Waals surface area contributed by atoms with Crippen LogP contribution < -0.4 is 0 Å². The van der Waals surface area contributed by atoms with E-state index in [1.165, 1.54) is 0 Å². The molecule has 0 saturated carbocycles. The number of hydrogen-bond donors (Lipinski definition) is 0. The fraction of sp³-hybridized carbons (Fsp3) is 1.00. The highest BCUT2D eigenvalue weighted by Crippen LogP contribution is 2.36. The monoisotopic (exact) mass is 104 g/mol. The van der Waals surface area contributed by atoms with E-state index in [2.05, 4.69) is 0 Å². The summed E-state index contributed by atoms with van der Waals surface area (Å²) in [4.78, 5) is 0. The van der Waals surface area contributed by atoms with Crippen molar-refractivity contribution < 1.29 is 0 Å². The van der Waals surface area contributed by atoms with Crippen molar-refractivity contribution in [2.24, 2.45) is 0 Å². The molecule has 12 radical (unpaired) electrons. The van der Waals surface area contributed by atoms with Gasteiger partial charge in [0, 0.05) is 0 Å². The second-order valence-corrected chi connectivity index (χ2v) is 2.05. The second kappa shape index (κ2) is 2.98. The lowest BCUT2D eigenvalue weighted by Gasteiger charge is -2.36. The van der Waals surface area contributed by atoms with Gasteiger partial charge in [-0.3, -0.25) is 0 Å². The Morgan fingerprint density at radius 3 is 1.00 bits per heavy atom. The molecular formula is C3H2B6. The first-order chi connectivity index (χ1) is 3.89. The maximum atomic E-state index is 5.28. The van der Waals surface area contributed by atoms with Crippen LogP contribution in [0.5, 0.6) is 0 Å². The summed E-state index contributed by atoms with van der Waals surface area (Å²) in [6, 6.07) is 0. The van der Waals surface area contributed by atoms with E-state index in [0.29, 0.717) is 0 Å². The molecule has 0 rings (SSSR count). The van der Waals surface area contributed by atoms with Crippen LogP contribution >= 0.6 is 0 Å². The smallest absolute Gasteiger partial charge is 0.0589 e. The molecule has 0 atom stereocenters. The summed E-state index contributed by atoms with van der Waals surface area (Å²) in [7, 11) is 31.1. The third-order valence-electron chi connectivity index (χ3n) is 1.15. The summed E-state index contributed by atoms with van der Waals surface area (Å²) in [6.45, 7) is 0. The highest BCUT2D eigenvalue weighted by atomic mass is 14.0. The van der Waals surface area contributed by atoms with E-state index in [1.807, 2.05) is 0 Å². The summed E-state index contributed by atoms with van der Waals surface area (Å²) < 4.78 is 0. The molecule has 0 spiro atoms. The normalized spacial score (nSPS) is 12.7. The van der Waals surface area contributed by atoms with Crippen molar-refractivity contribution in [3.8, 4) is 0 Å². The van der Waals surface area contributed by atoms with E-state index in [1.54, 1.807) is 0 Å². The van der Waals surface area contributed by atoms with Crippen LogP contribution in [-0.2, 0) is 0 Å². The predicted octanol–water partition coefficient (Wildman–Crippen LogP) is -1.39. The SMILES string of the molecule is [B]C([B])C([B])([B])C([B])[B]. The third kappa shape index (κ3) is 2.23. The quantitative estimate of drug-likeness (QED) is 0.377. The van der Waals surface area contributed by atoms with E-state index in [9.17, 15) is 0 Å². The van der Waals surface area contributed by atoms with Crippen molar-refractivity contribution in [2.75, 3.05) is 0 Å². The van der Waals surface area contributed by atoms with Crippen molar-refractivity contribution >= 4 is 47.1 Å². The van der Waals surface area contributed by atoms with Gasteiger partial charge in [-0.15, -0.1) is 16.6 Å². The fourth-order valence-electron chi connectivity index (χ4n) is 0.222.